The highest BCUT2D eigenvalue weighted by Crippen LogP contribution is 2.33. The van der Waals surface area contributed by atoms with Crippen LogP contribution in [-0.4, -0.2) is 58.9 Å². The molecule has 0 atom stereocenters. The van der Waals surface area contributed by atoms with Crippen LogP contribution in [0.3, 0.4) is 0 Å². The summed E-state index contributed by atoms with van der Waals surface area (Å²) in [4.78, 5) is 24.3. The Bertz CT molecular complexity index is 1160. The summed E-state index contributed by atoms with van der Waals surface area (Å²) >= 11 is 0. The number of nitrogens with two attached hydrogens (primary N) is 1. The molecule has 2 aliphatic rings. The van der Waals surface area contributed by atoms with E-state index in [1.54, 1.807) is 12.1 Å². The van der Waals surface area contributed by atoms with Gasteiger partial charge in [0.2, 0.25) is 6.79 Å². The van der Waals surface area contributed by atoms with Crippen LogP contribution in [0.5, 0.6) is 11.5 Å². The normalized spacial score (nSPS) is 15.5. The fourth-order valence-corrected chi connectivity index (χ4v) is 3.99. The van der Waals surface area contributed by atoms with Crippen molar-refractivity contribution in [1.82, 2.24) is 14.9 Å². The van der Waals surface area contributed by atoms with E-state index >= 15 is 0 Å². The Labute approximate surface area is 190 Å². The van der Waals surface area contributed by atoms with E-state index in [2.05, 4.69) is 31.2 Å². The van der Waals surface area contributed by atoms with Gasteiger partial charge in [-0.1, -0.05) is 6.07 Å². The summed E-state index contributed by atoms with van der Waals surface area (Å²) in [5, 5.41) is 12.2. The Morgan fingerprint density at radius 2 is 1.79 bits per heavy atom. The zero-order valence-corrected chi connectivity index (χ0v) is 17.9. The number of aromatic nitrogens is 2. The Balaban J connectivity index is 1.22. The number of piperazine rings is 1. The molecule has 33 heavy (non-hydrogen) atoms. The molecule has 1 aromatic heterocycles. The van der Waals surface area contributed by atoms with Crippen LogP contribution in [0, 0.1) is 0 Å². The second kappa shape index (κ2) is 8.83. The Morgan fingerprint density at radius 3 is 2.55 bits per heavy atom. The lowest BCUT2D eigenvalue weighted by Gasteiger charge is -2.36. The van der Waals surface area contributed by atoms with Crippen molar-refractivity contribution in [2.45, 2.75) is 6.54 Å². The van der Waals surface area contributed by atoms with Gasteiger partial charge in [-0.3, -0.25) is 4.90 Å². The van der Waals surface area contributed by atoms with Crippen molar-refractivity contribution in [2.24, 2.45) is 0 Å². The van der Waals surface area contributed by atoms with E-state index in [1.807, 2.05) is 12.1 Å². The first-order valence-corrected chi connectivity index (χ1v) is 10.6. The minimum atomic E-state index is -0.969. The van der Waals surface area contributed by atoms with Crippen LogP contribution in [-0.2, 0) is 6.54 Å². The molecule has 1 fully saturated rings. The number of carboxylic acids is 1. The van der Waals surface area contributed by atoms with Gasteiger partial charge in [-0.15, -0.1) is 0 Å². The van der Waals surface area contributed by atoms with E-state index in [0.717, 1.165) is 44.2 Å². The number of carbonyl (C=O) groups is 1. The van der Waals surface area contributed by atoms with E-state index in [0.29, 0.717) is 23.0 Å². The van der Waals surface area contributed by atoms with Crippen LogP contribution in [0.2, 0.25) is 0 Å². The Morgan fingerprint density at radius 1 is 1.03 bits per heavy atom. The van der Waals surface area contributed by atoms with Crippen LogP contribution in [0.1, 0.15) is 15.9 Å². The lowest BCUT2D eigenvalue weighted by atomic mass is 10.1. The average Bonchev–Trinajstić information content (AvgIpc) is 3.29. The molecule has 0 aliphatic carbocycles. The standard InChI is InChI=1S/C23H24N6O4/c24-20-21(27-17-4-2-16(3-5-17)23(30)31)25-13-26-22(20)29-9-7-28(8-10-29)12-15-1-6-18-19(11-15)33-14-32-18/h1-6,11,13H,7-10,12,14,24H2,(H,30,31)(H,25,26,27). The zero-order chi connectivity index (χ0) is 22.8. The predicted octanol–water partition coefficient (Wildman–Crippen LogP) is 2.55. The summed E-state index contributed by atoms with van der Waals surface area (Å²) in [6, 6.07) is 12.5. The van der Waals surface area contributed by atoms with E-state index in [9.17, 15) is 4.79 Å². The molecule has 0 spiro atoms. The summed E-state index contributed by atoms with van der Waals surface area (Å²) in [5.74, 6) is 1.81. The molecule has 0 saturated carbocycles. The fourth-order valence-electron chi connectivity index (χ4n) is 3.99. The van der Waals surface area contributed by atoms with Gasteiger partial charge in [0.1, 0.15) is 12.0 Å². The molecule has 1 saturated heterocycles. The molecule has 4 N–H and O–H groups in total. The van der Waals surface area contributed by atoms with Crippen LogP contribution in [0.25, 0.3) is 0 Å². The number of anilines is 4. The van der Waals surface area contributed by atoms with Gasteiger partial charge < -0.3 is 30.5 Å². The maximum Gasteiger partial charge on any atom is 0.335 e. The maximum absolute atomic E-state index is 11.0. The molecule has 10 nitrogen and oxygen atoms in total. The van der Waals surface area contributed by atoms with Crippen molar-refractivity contribution in [3.63, 3.8) is 0 Å². The minimum absolute atomic E-state index is 0.218. The molecular weight excluding hydrogens is 424 g/mol. The van der Waals surface area contributed by atoms with Gasteiger partial charge >= 0.3 is 5.97 Å². The lowest BCUT2D eigenvalue weighted by Crippen LogP contribution is -2.46. The SMILES string of the molecule is Nc1c(Nc2ccc(C(=O)O)cc2)ncnc1N1CCN(Cc2ccc3c(c2)OCO3)CC1. The van der Waals surface area contributed by atoms with Gasteiger partial charge in [0, 0.05) is 38.4 Å². The number of nitrogen functional groups attached to an aromatic ring is 1. The van der Waals surface area contributed by atoms with Crippen molar-refractivity contribution in [3.05, 3.63) is 59.9 Å². The van der Waals surface area contributed by atoms with Crippen molar-refractivity contribution in [2.75, 3.05) is 48.9 Å². The second-order valence-electron chi connectivity index (χ2n) is 7.92. The third-order valence-corrected chi connectivity index (χ3v) is 5.77. The van der Waals surface area contributed by atoms with Crippen LogP contribution in [0.15, 0.2) is 48.8 Å². The first-order chi connectivity index (χ1) is 16.1. The van der Waals surface area contributed by atoms with E-state index in [1.165, 1.54) is 24.0 Å². The predicted molar refractivity (Wildman–Crippen MR) is 123 cm³/mol. The largest absolute Gasteiger partial charge is 0.478 e. The van der Waals surface area contributed by atoms with Crippen molar-refractivity contribution < 1.29 is 19.4 Å². The fraction of sp³-hybridized carbons (Fsp3) is 0.261. The molecule has 170 valence electrons. The number of hydrogen-bond acceptors (Lipinski definition) is 9. The Hall–Kier alpha value is -4.05. The van der Waals surface area contributed by atoms with E-state index in [-0.39, 0.29) is 12.4 Å². The van der Waals surface area contributed by atoms with Crippen LogP contribution >= 0.6 is 0 Å². The molecule has 3 aromatic rings. The van der Waals surface area contributed by atoms with Crippen LogP contribution < -0.4 is 25.4 Å². The second-order valence-corrected chi connectivity index (χ2v) is 7.92. The molecule has 0 bridgehead atoms. The molecular formula is C23H24N6O4. The van der Waals surface area contributed by atoms with Gasteiger partial charge in [-0.05, 0) is 42.0 Å². The first kappa shape index (κ1) is 20.8. The molecule has 0 unspecified atom stereocenters. The molecule has 10 heteroatoms. The maximum atomic E-state index is 11.0. The number of aromatic carboxylic acids is 1. The number of carboxylic acid groups (broad SMARTS) is 1. The van der Waals surface area contributed by atoms with Crippen molar-refractivity contribution in [3.8, 4) is 11.5 Å². The molecule has 2 aliphatic heterocycles. The molecule has 0 amide bonds. The number of hydrogen-bond donors (Lipinski definition) is 3. The van der Waals surface area contributed by atoms with Crippen LogP contribution in [0.4, 0.5) is 23.0 Å². The highest BCUT2D eigenvalue weighted by Gasteiger charge is 2.22. The molecule has 5 rings (SSSR count). The van der Waals surface area contributed by atoms with Gasteiger partial charge in [-0.25, -0.2) is 14.8 Å². The smallest absolute Gasteiger partial charge is 0.335 e. The summed E-state index contributed by atoms with van der Waals surface area (Å²) in [6.07, 6.45) is 1.48. The number of benzene rings is 2. The number of nitrogens with zero attached hydrogens (tertiary/aromatic N) is 4. The van der Waals surface area contributed by atoms with Crippen molar-refractivity contribution >= 4 is 29.0 Å². The molecule has 0 radical (unpaired) electrons. The quantitative estimate of drug-likeness (QED) is 0.518. The van der Waals surface area contributed by atoms with Gasteiger partial charge in [-0.2, -0.15) is 0 Å². The van der Waals surface area contributed by atoms with Crippen molar-refractivity contribution in [1.29, 1.82) is 0 Å². The Kier molecular flexibility index (Phi) is 5.57. The number of fused-ring (bicyclic) bond motifs is 1. The van der Waals surface area contributed by atoms with Gasteiger partial charge in [0.25, 0.3) is 0 Å². The third kappa shape index (κ3) is 4.46. The highest BCUT2D eigenvalue weighted by molar-refractivity contribution is 5.88. The first-order valence-electron chi connectivity index (χ1n) is 10.6. The molecule has 3 heterocycles. The highest BCUT2D eigenvalue weighted by atomic mass is 16.7. The summed E-state index contributed by atoms with van der Waals surface area (Å²) in [7, 11) is 0. The number of ether oxygens (including phenoxy) is 2. The van der Waals surface area contributed by atoms with E-state index < -0.39 is 5.97 Å². The monoisotopic (exact) mass is 448 g/mol. The number of nitrogens with one attached hydrogen (secondary N) is 1. The van der Waals surface area contributed by atoms with E-state index in [4.69, 9.17) is 20.3 Å². The molecule has 2 aromatic carbocycles. The zero-order valence-electron chi connectivity index (χ0n) is 17.9. The third-order valence-electron chi connectivity index (χ3n) is 5.77. The van der Waals surface area contributed by atoms with Gasteiger partial charge in [0.05, 0.1) is 5.56 Å². The summed E-state index contributed by atoms with van der Waals surface area (Å²) in [6.45, 7) is 4.44. The number of rotatable bonds is 6. The summed E-state index contributed by atoms with van der Waals surface area (Å²) in [5.41, 5.74) is 8.96. The lowest BCUT2D eigenvalue weighted by molar-refractivity contribution is 0.0697. The average molecular weight is 448 g/mol. The van der Waals surface area contributed by atoms with Gasteiger partial charge in [0.15, 0.2) is 23.1 Å². The minimum Gasteiger partial charge on any atom is -0.478 e. The summed E-state index contributed by atoms with van der Waals surface area (Å²) < 4.78 is 10.9. The topological polar surface area (TPSA) is 126 Å².